The number of H-pyrrole nitrogens is 1. The van der Waals surface area contributed by atoms with Crippen LogP contribution >= 0.6 is 0 Å². The van der Waals surface area contributed by atoms with E-state index in [9.17, 15) is 14.7 Å². The van der Waals surface area contributed by atoms with Crippen molar-refractivity contribution < 1.29 is 14.7 Å². The molecule has 4 rings (SSSR count). The number of nitrogens with zero attached hydrogens (tertiary/aromatic N) is 2. The van der Waals surface area contributed by atoms with Crippen molar-refractivity contribution in [1.29, 1.82) is 0 Å². The Balaban J connectivity index is 1.71. The van der Waals surface area contributed by atoms with Crippen LogP contribution < -0.4 is 10.6 Å². The van der Waals surface area contributed by atoms with Crippen molar-refractivity contribution in [1.82, 2.24) is 25.8 Å². The molecule has 0 radical (unpaired) electrons. The van der Waals surface area contributed by atoms with E-state index in [1.54, 1.807) is 30.3 Å². The van der Waals surface area contributed by atoms with Gasteiger partial charge in [-0.25, -0.2) is 4.98 Å². The summed E-state index contributed by atoms with van der Waals surface area (Å²) in [5.41, 5.74) is 3.08. The molecule has 2 amide bonds. The number of carbonyl (C=O) groups excluding carboxylic acids is 2. The molecule has 3 aromatic rings. The molecule has 1 aliphatic heterocycles. The summed E-state index contributed by atoms with van der Waals surface area (Å²) in [6, 6.07) is 8.25. The van der Waals surface area contributed by atoms with Crippen molar-refractivity contribution in [3.63, 3.8) is 0 Å². The molecule has 1 saturated heterocycles. The number of rotatable bonds is 3. The van der Waals surface area contributed by atoms with Crippen LogP contribution in [-0.2, 0) is 4.79 Å². The van der Waals surface area contributed by atoms with Gasteiger partial charge in [-0.15, -0.1) is 0 Å². The van der Waals surface area contributed by atoms with Gasteiger partial charge in [-0.3, -0.25) is 14.7 Å². The van der Waals surface area contributed by atoms with Gasteiger partial charge in [-0.1, -0.05) is 0 Å². The van der Waals surface area contributed by atoms with Gasteiger partial charge in [0.25, 0.3) is 5.91 Å². The number of piperidine rings is 1. The maximum atomic E-state index is 13.0. The number of phenolic OH excluding ortho intramolecular Hbond substituents is 1. The van der Waals surface area contributed by atoms with E-state index in [-0.39, 0.29) is 23.6 Å². The molecule has 2 aromatic heterocycles. The van der Waals surface area contributed by atoms with E-state index in [1.807, 2.05) is 6.92 Å². The normalized spacial score (nSPS) is 16.9. The van der Waals surface area contributed by atoms with Gasteiger partial charge in [-0.05, 0) is 43.7 Å². The summed E-state index contributed by atoms with van der Waals surface area (Å²) < 4.78 is 0. The molecule has 0 spiro atoms. The Bertz CT molecular complexity index is 1020. The molecule has 138 valence electrons. The van der Waals surface area contributed by atoms with E-state index in [0.717, 1.165) is 5.56 Å². The molecule has 0 saturated carbocycles. The third-order valence-electron chi connectivity index (χ3n) is 4.72. The predicted octanol–water partition coefficient (Wildman–Crippen LogP) is 1.65. The molecule has 0 aliphatic carbocycles. The average molecular weight is 365 g/mol. The molecule has 0 bridgehead atoms. The Morgan fingerprint density at radius 3 is 2.78 bits per heavy atom. The molecule has 1 fully saturated rings. The number of aromatic amines is 1. The number of pyridine rings is 1. The smallest absolute Gasteiger partial charge is 0.252 e. The van der Waals surface area contributed by atoms with Crippen molar-refractivity contribution in [3.05, 3.63) is 41.6 Å². The number of hydrogen-bond donors (Lipinski definition) is 4. The molecular weight excluding hydrogens is 346 g/mol. The minimum atomic E-state index is -0.229. The topological polar surface area (TPSA) is 120 Å². The molecule has 27 heavy (non-hydrogen) atoms. The number of aryl methyl sites for hydroxylation is 1. The zero-order valence-electron chi connectivity index (χ0n) is 14.7. The van der Waals surface area contributed by atoms with Gasteiger partial charge in [-0.2, -0.15) is 5.10 Å². The summed E-state index contributed by atoms with van der Waals surface area (Å²) in [4.78, 5) is 28.8. The Kier molecular flexibility index (Phi) is 4.23. The zero-order chi connectivity index (χ0) is 19.0. The number of aromatic hydroxyl groups is 1. The SMILES string of the molecule is Cc1n[nH]c2nc(-c3ccc(O)cc3)cc(C(=O)N[C@@H]3CCC(=O)NC3)c12. The molecule has 0 unspecified atom stereocenters. The minimum absolute atomic E-state index is 0.00657. The largest absolute Gasteiger partial charge is 0.508 e. The fourth-order valence-electron chi connectivity index (χ4n) is 3.26. The second kappa shape index (κ2) is 6.71. The molecule has 8 nitrogen and oxygen atoms in total. The van der Waals surface area contributed by atoms with Gasteiger partial charge in [0, 0.05) is 24.6 Å². The van der Waals surface area contributed by atoms with E-state index in [1.165, 1.54) is 0 Å². The second-order valence-corrected chi connectivity index (χ2v) is 6.65. The summed E-state index contributed by atoms with van der Waals surface area (Å²) in [7, 11) is 0. The van der Waals surface area contributed by atoms with E-state index in [4.69, 9.17) is 0 Å². The van der Waals surface area contributed by atoms with E-state index >= 15 is 0 Å². The number of fused-ring (bicyclic) bond motifs is 1. The maximum absolute atomic E-state index is 13.0. The second-order valence-electron chi connectivity index (χ2n) is 6.65. The van der Waals surface area contributed by atoms with Crippen LogP contribution in [0.2, 0.25) is 0 Å². The highest BCUT2D eigenvalue weighted by atomic mass is 16.3. The van der Waals surface area contributed by atoms with Gasteiger partial charge >= 0.3 is 0 Å². The number of aromatic nitrogens is 3. The molecule has 4 N–H and O–H groups in total. The summed E-state index contributed by atoms with van der Waals surface area (Å²) in [6.45, 7) is 2.24. The molecule has 1 atom stereocenters. The molecule has 3 heterocycles. The van der Waals surface area contributed by atoms with Crippen molar-refractivity contribution in [2.75, 3.05) is 6.54 Å². The van der Waals surface area contributed by atoms with Crippen LogP contribution in [0.25, 0.3) is 22.3 Å². The van der Waals surface area contributed by atoms with Gasteiger partial charge in [0.1, 0.15) is 5.75 Å². The lowest BCUT2D eigenvalue weighted by Gasteiger charge is -2.23. The Hall–Kier alpha value is -3.42. The molecule has 1 aromatic carbocycles. The van der Waals surface area contributed by atoms with Crippen molar-refractivity contribution in [2.24, 2.45) is 0 Å². The van der Waals surface area contributed by atoms with Gasteiger partial charge < -0.3 is 15.7 Å². The Morgan fingerprint density at radius 1 is 1.30 bits per heavy atom. The first-order valence-corrected chi connectivity index (χ1v) is 8.74. The lowest BCUT2D eigenvalue weighted by Crippen LogP contribution is -2.47. The fraction of sp³-hybridized carbons (Fsp3) is 0.263. The van der Waals surface area contributed by atoms with Crippen molar-refractivity contribution in [3.8, 4) is 17.0 Å². The van der Waals surface area contributed by atoms with Gasteiger partial charge in [0.2, 0.25) is 5.91 Å². The first kappa shape index (κ1) is 17.0. The third kappa shape index (κ3) is 3.33. The van der Waals surface area contributed by atoms with Crippen LogP contribution in [0.4, 0.5) is 0 Å². The van der Waals surface area contributed by atoms with Crippen LogP contribution in [0, 0.1) is 6.92 Å². The molecular formula is C19H19N5O3. The van der Waals surface area contributed by atoms with Gasteiger partial charge in [0.05, 0.1) is 22.3 Å². The first-order valence-electron chi connectivity index (χ1n) is 8.74. The summed E-state index contributed by atoms with van der Waals surface area (Å²) in [5.74, 6) is -0.0605. The highest BCUT2D eigenvalue weighted by Gasteiger charge is 2.23. The number of benzene rings is 1. The quantitative estimate of drug-likeness (QED) is 0.562. The zero-order valence-corrected chi connectivity index (χ0v) is 14.7. The number of nitrogens with one attached hydrogen (secondary N) is 3. The molecule has 1 aliphatic rings. The third-order valence-corrected chi connectivity index (χ3v) is 4.72. The first-order chi connectivity index (χ1) is 13.0. The Labute approximate surface area is 155 Å². The maximum Gasteiger partial charge on any atom is 0.252 e. The van der Waals surface area contributed by atoms with Crippen LogP contribution in [0.15, 0.2) is 30.3 Å². The highest BCUT2D eigenvalue weighted by Crippen LogP contribution is 2.27. The number of hydrogen-bond acceptors (Lipinski definition) is 5. The van der Waals surface area contributed by atoms with Crippen LogP contribution in [0.5, 0.6) is 5.75 Å². The Morgan fingerprint density at radius 2 is 2.07 bits per heavy atom. The van der Waals surface area contributed by atoms with E-state index < -0.39 is 0 Å². The van der Waals surface area contributed by atoms with Crippen LogP contribution in [-0.4, -0.2) is 44.7 Å². The van der Waals surface area contributed by atoms with Crippen LogP contribution in [0.1, 0.15) is 28.9 Å². The summed E-state index contributed by atoms with van der Waals surface area (Å²) in [5, 5.41) is 23.0. The monoisotopic (exact) mass is 365 g/mol. The summed E-state index contributed by atoms with van der Waals surface area (Å²) >= 11 is 0. The van der Waals surface area contributed by atoms with Gasteiger partial charge in [0.15, 0.2) is 5.65 Å². The standard InChI is InChI=1S/C19H19N5O3/c1-10-17-14(19(27)21-12-4-7-16(26)20-9-12)8-15(22-18(17)24-23-10)11-2-5-13(25)6-3-11/h2-3,5-6,8,12,25H,4,7,9H2,1H3,(H,20,26)(H,21,27)(H,22,23,24)/t12-/m1/s1. The molecule has 8 heteroatoms. The highest BCUT2D eigenvalue weighted by molar-refractivity contribution is 6.07. The summed E-state index contributed by atoms with van der Waals surface area (Å²) in [6.07, 6.45) is 1.02. The predicted molar refractivity (Wildman–Crippen MR) is 99.2 cm³/mol. The lowest BCUT2D eigenvalue weighted by atomic mass is 10.0. The number of amides is 2. The minimum Gasteiger partial charge on any atom is -0.508 e. The average Bonchev–Trinajstić information content (AvgIpc) is 3.04. The van der Waals surface area contributed by atoms with Crippen LogP contribution in [0.3, 0.4) is 0 Å². The van der Waals surface area contributed by atoms with E-state index in [2.05, 4.69) is 25.8 Å². The van der Waals surface area contributed by atoms with Crippen molar-refractivity contribution >= 4 is 22.8 Å². The fourth-order valence-corrected chi connectivity index (χ4v) is 3.26. The lowest BCUT2D eigenvalue weighted by molar-refractivity contribution is -0.122. The number of carbonyl (C=O) groups is 2. The number of phenols is 1. The van der Waals surface area contributed by atoms with Crippen molar-refractivity contribution in [2.45, 2.75) is 25.8 Å². The van der Waals surface area contributed by atoms with E-state index in [0.29, 0.717) is 47.4 Å².